The van der Waals surface area contributed by atoms with Crippen LogP contribution in [0.15, 0.2) is 29.2 Å². The second-order valence-corrected chi connectivity index (χ2v) is 8.34. The highest BCUT2D eigenvalue weighted by Crippen LogP contribution is 2.43. The predicted octanol–water partition coefficient (Wildman–Crippen LogP) is 3.62. The smallest absolute Gasteiger partial charge is 0.343 e. The van der Waals surface area contributed by atoms with Crippen LogP contribution in [-0.2, 0) is 15.9 Å². The third-order valence-electron chi connectivity index (χ3n) is 5.98. The Balaban J connectivity index is 1.82. The normalized spacial score (nSPS) is 19.6. The van der Waals surface area contributed by atoms with Crippen LogP contribution in [0.3, 0.4) is 0 Å². The summed E-state index contributed by atoms with van der Waals surface area (Å²) in [6, 6.07) is 5.57. The van der Waals surface area contributed by atoms with E-state index in [4.69, 9.17) is 18.9 Å². The summed E-state index contributed by atoms with van der Waals surface area (Å²) in [7, 11) is 1.61. The zero-order valence-electron chi connectivity index (χ0n) is 18.5. The Kier molecular flexibility index (Phi) is 6.05. The van der Waals surface area contributed by atoms with Crippen molar-refractivity contribution in [3.63, 3.8) is 0 Å². The number of hydrogen-bond donors (Lipinski definition) is 0. The van der Waals surface area contributed by atoms with Gasteiger partial charge in [0.25, 0.3) is 0 Å². The standard InChI is InChI=1S/C24H29NO6/c1-5-30-24(27)18-12-25-19(14(2)3)8-15-9-23(31-16-6-7-29-13-16)22(28-4)10-17(15)20(25)11-21(18)26/h9-12,14,16,19H,5-8,13H2,1-4H3. The minimum Gasteiger partial charge on any atom is -0.493 e. The number of pyridine rings is 1. The Morgan fingerprint density at radius 1 is 1.26 bits per heavy atom. The maximum absolute atomic E-state index is 12.8. The fraction of sp³-hybridized carbons (Fsp3) is 0.500. The number of nitrogens with zero attached hydrogens (tertiary/aromatic N) is 1. The van der Waals surface area contributed by atoms with Gasteiger partial charge in [0, 0.05) is 30.3 Å². The van der Waals surface area contributed by atoms with Gasteiger partial charge in [-0.1, -0.05) is 13.8 Å². The van der Waals surface area contributed by atoms with Gasteiger partial charge in [0.1, 0.15) is 11.7 Å². The molecule has 0 aliphatic carbocycles. The number of aromatic nitrogens is 1. The molecule has 1 fully saturated rings. The summed E-state index contributed by atoms with van der Waals surface area (Å²) in [4.78, 5) is 25.1. The molecule has 1 saturated heterocycles. The van der Waals surface area contributed by atoms with E-state index >= 15 is 0 Å². The minimum absolute atomic E-state index is 0.0125. The van der Waals surface area contributed by atoms with E-state index in [0.29, 0.717) is 30.6 Å². The quantitative estimate of drug-likeness (QED) is 0.656. The first kappa shape index (κ1) is 21.4. The molecule has 0 bridgehead atoms. The summed E-state index contributed by atoms with van der Waals surface area (Å²) in [5.41, 5.74) is 2.50. The van der Waals surface area contributed by atoms with Gasteiger partial charge in [-0.05, 0) is 37.0 Å². The molecule has 0 spiro atoms. The maximum Gasteiger partial charge on any atom is 0.343 e. The van der Waals surface area contributed by atoms with Crippen LogP contribution in [0.2, 0.25) is 0 Å². The lowest BCUT2D eigenvalue weighted by molar-refractivity contribution is 0.0523. The van der Waals surface area contributed by atoms with E-state index in [-0.39, 0.29) is 29.7 Å². The number of fused-ring (bicyclic) bond motifs is 3. The van der Waals surface area contributed by atoms with Crippen LogP contribution in [-0.4, -0.2) is 43.6 Å². The van der Waals surface area contributed by atoms with Gasteiger partial charge in [0.05, 0.1) is 32.6 Å². The van der Waals surface area contributed by atoms with Gasteiger partial charge in [-0.25, -0.2) is 4.79 Å². The molecule has 1 aromatic carbocycles. The summed E-state index contributed by atoms with van der Waals surface area (Å²) >= 11 is 0. The van der Waals surface area contributed by atoms with E-state index in [1.165, 1.54) is 6.07 Å². The first-order valence-electron chi connectivity index (χ1n) is 10.8. The second kappa shape index (κ2) is 8.75. The van der Waals surface area contributed by atoms with Crippen molar-refractivity contribution in [3.05, 3.63) is 45.7 Å². The minimum atomic E-state index is -0.587. The number of hydrogen-bond acceptors (Lipinski definition) is 6. The van der Waals surface area contributed by atoms with Crippen LogP contribution in [0.5, 0.6) is 11.5 Å². The molecule has 0 N–H and O–H groups in total. The third kappa shape index (κ3) is 4.06. The van der Waals surface area contributed by atoms with Crippen LogP contribution in [0, 0.1) is 5.92 Å². The average Bonchev–Trinajstić information content (AvgIpc) is 3.25. The molecule has 0 radical (unpaired) electrons. The summed E-state index contributed by atoms with van der Waals surface area (Å²) in [6.07, 6.45) is 3.27. The number of carbonyl (C=O) groups is 1. The van der Waals surface area contributed by atoms with Crippen molar-refractivity contribution in [2.24, 2.45) is 5.92 Å². The van der Waals surface area contributed by atoms with E-state index < -0.39 is 5.97 Å². The first-order chi connectivity index (χ1) is 14.9. The Labute approximate surface area is 181 Å². The van der Waals surface area contributed by atoms with Gasteiger partial charge >= 0.3 is 5.97 Å². The molecule has 0 saturated carbocycles. The zero-order valence-corrected chi connectivity index (χ0v) is 18.5. The van der Waals surface area contributed by atoms with Crippen molar-refractivity contribution in [3.8, 4) is 22.8 Å². The van der Waals surface area contributed by atoms with Crippen molar-refractivity contribution in [2.75, 3.05) is 26.9 Å². The van der Waals surface area contributed by atoms with Crippen molar-refractivity contribution >= 4 is 5.97 Å². The van der Waals surface area contributed by atoms with E-state index in [1.807, 2.05) is 16.7 Å². The van der Waals surface area contributed by atoms with Crippen LogP contribution in [0.1, 0.15) is 49.2 Å². The summed E-state index contributed by atoms with van der Waals surface area (Å²) in [6.45, 7) is 7.50. The molecule has 0 amide bonds. The number of rotatable bonds is 6. The van der Waals surface area contributed by atoms with Crippen LogP contribution >= 0.6 is 0 Å². The topological polar surface area (TPSA) is 76.0 Å². The fourth-order valence-electron chi connectivity index (χ4n) is 4.33. The Morgan fingerprint density at radius 3 is 2.71 bits per heavy atom. The van der Waals surface area contributed by atoms with E-state index in [0.717, 1.165) is 29.7 Å². The molecular weight excluding hydrogens is 398 g/mol. The lowest BCUT2D eigenvalue weighted by Crippen LogP contribution is -2.28. The second-order valence-electron chi connectivity index (χ2n) is 8.34. The molecule has 1 aromatic heterocycles. The highest BCUT2D eigenvalue weighted by atomic mass is 16.6. The molecule has 2 unspecified atom stereocenters. The lowest BCUT2D eigenvalue weighted by Gasteiger charge is -2.34. The van der Waals surface area contributed by atoms with E-state index in [1.54, 1.807) is 20.2 Å². The van der Waals surface area contributed by atoms with Crippen molar-refractivity contribution < 1.29 is 23.7 Å². The SMILES string of the molecule is CCOC(=O)c1cn2c(cc1=O)-c1cc(OC)c(OC3CCOC3)cc1CC2C(C)C. The molecule has 3 heterocycles. The fourth-order valence-corrected chi connectivity index (χ4v) is 4.33. The molecule has 7 nitrogen and oxygen atoms in total. The van der Waals surface area contributed by atoms with Gasteiger partial charge in [0.15, 0.2) is 16.9 Å². The molecule has 7 heteroatoms. The Morgan fingerprint density at radius 2 is 2.06 bits per heavy atom. The van der Waals surface area contributed by atoms with Crippen LogP contribution in [0.4, 0.5) is 0 Å². The number of carbonyl (C=O) groups excluding carboxylic acids is 1. The molecular formula is C24H29NO6. The molecule has 166 valence electrons. The van der Waals surface area contributed by atoms with Crippen LogP contribution < -0.4 is 14.9 Å². The van der Waals surface area contributed by atoms with Crippen molar-refractivity contribution in [1.82, 2.24) is 4.57 Å². The number of ether oxygens (including phenoxy) is 4. The van der Waals surface area contributed by atoms with Crippen molar-refractivity contribution in [2.45, 2.75) is 45.8 Å². The molecule has 31 heavy (non-hydrogen) atoms. The van der Waals surface area contributed by atoms with Crippen molar-refractivity contribution in [1.29, 1.82) is 0 Å². The maximum atomic E-state index is 12.8. The Bertz CT molecular complexity index is 1040. The van der Waals surface area contributed by atoms with Gasteiger partial charge in [-0.3, -0.25) is 4.79 Å². The van der Waals surface area contributed by atoms with E-state index in [9.17, 15) is 9.59 Å². The monoisotopic (exact) mass is 427 g/mol. The van der Waals surface area contributed by atoms with Gasteiger partial charge < -0.3 is 23.5 Å². The van der Waals surface area contributed by atoms with Gasteiger partial charge in [-0.15, -0.1) is 0 Å². The highest BCUT2D eigenvalue weighted by molar-refractivity contribution is 5.89. The largest absolute Gasteiger partial charge is 0.493 e. The number of methoxy groups -OCH3 is 1. The lowest BCUT2D eigenvalue weighted by atomic mass is 9.87. The summed E-state index contributed by atoms with van der Waals surface area (Å²) in [5.74, 6) is 1.01. The summed E-state index contributed by atoms with van der Waals surface area (Å²) in [5, 5.41) is 0. The number of benzene rings is 1. The number of esters is 1. The molecule has 4 rings (SSSR count). The van der Waals surface area contributed by atoms with Gasteiger partial charge in [-0.2, -0.15) is 0 Å². The zero-order chi connectivity index (χ0) is 22.1. The first-order valence-corrected chi connectivity index (χ1v) is 10.8. The average molecular weight is 427 g/mol. The highest BCUT2D eigenvalue weighted by Gasteiger charge is 2.30. The predicted molar refractivity (Wildman–Crippen MR) is 116 cm³/mol. The van der Waals surface area contributed by atoms with Gasteiger partial charge in [0.2, 0.25) is 0 Å². The Hall–Kier alpha value is -2.80. The third-order valence-corrected chi connectivity index (χ3v) is 5.98. The molecule has 2 aliphatic rings. The molecule has 2 atom stereocenters. The summed E-state index contributed by atoms with van der Waals surface area (Å²) < 4.78 is 24.3. The van der Waals surface area contributed by atoms with E-state index in [2.05, 4.69) is 13.8 Å². The van der Waals surface area contributed by atoms with Crippen LogP contribution in [0.25, 0.3) is 11.3 Å². The molecule has 2 aliphatic heterocycles. The molecule has 2 aromatic rings.